The number of ether oxygens (including phenoxy) is 1. The number of hydrogen-bond donors (Lipinski definition) is 1. The highest BCUT2D eigenvalue weighted by Gasteiger charge is 2.48. The largest absolute Gasteiger partial charge is 0.502 e. The van der Waals surface area contributed by atoms with Crippen molar-refractivity contribution in [1.82, 2.24) is 24.3 Å². The molecule has 1 amide bonds. The van der Waals surface area contributed by atoms with E-state index in [0.717, 1.165) is 67.7 Å². The van der Waals surface area contributed by atoms with Crippen LogP contribution in [0.1, 0.15) is 44.6 Å². The van der Waals surface area contributed by atoms with Crippen molar-refractivity contribution >= 4 is 29.1 Å². The Morgan fingerprint density at radius 1 is 1.30 bits per heavy atom. The molecule has 2 saturated heterocycles. The Hall–Kier alpha value is -3.32. The molecule has 0 radical (unpaired) electrons. The van der Waals surface area contributed by atoms with Crippen molar-refractivity contribution in [2.24, 2.45) is 13.0 Å². The number of aryl methyl sites for hydroxylation is 1. The van der Waals surface area contributed by atoms with Crippen LogP contribution in [0.4, 0.5) is 0 Å². The zero-order valence-electron chi connectivity index (χ0n) is 22.3. The smallest absolute Gasteiger partial charge is 0.253 e. The number of allylic oxidation sites excluding steroid dienone is 1. The number of aromatic nitrogens is 3. The summed E-state index contributed by atoms with van der Waals surface area (Å²) < 4.78 is 10.00. The zero-order valence-corrected chi connectivity index (χ0v) is 22.3. The molecule has 4 heterocycles. The number of methoxy groups -OCH3 is 1. The summed E-state index contributed by atoms with van der Waals surface area (Å²) in [5.41, 5.74) is 4.51. The van der Waals surface area contributed by atoms with E-state index in [0.29, 0.717) is 23.5 Å². The Kier molecular flexibility index (Phi) is 6.19. The summed E-state index contributed by atoms with van der Waals surface area (Å²) in [5.74, 6) is 2.25. The van der Waals surface area contributed by atoms with Gasteiger partial charge in [0.25, 0.3) is 5.91 Å². The minimum absolute atomic E-state index is 0.113. The fourth-order valence-electron chi connectivity index (χ4n) is 6.18. The highest BCUT2D eigenvalue weighted by Crippen LogP contribution is 2.44. The van der Waals surface area contributed by atoms with Crippen molar-refractivity contribution in [3.8, 4) is 11.5 Å². The molecule has 2 aromatic heterocycles. The Morgan fingerprint density at radius 2 is 2.14 bits per heavy atom. The van der Waals surface area contributed by atoms with Crippen LogP contribution in [0.25, 0.3) is 34.8 Å². The van der Waals surface area contributed by atoms with Crippen LogP contribution >= 0.6 is 0 Å². The fourth-order valence-corrected chi connectivity index (χ4v) is 6.18. The van der Waals surface area contributed by atoms with Crippen molar-refractivity contribution in [1.29, 1.82) is 0 Å². The number of carbonyl (C=O) groups is 1. The minimum atomic E-state index is 0.113. The van der Waals surface area contributed by atoms with Gasteiger partial charge in [-0.05, 0) is 49.8 Å². The lowest BCUT2D eigenvalue weighted by atomic mass is 9.92. The molecule has 0 spiro atoms. The van der Waals surface area contributed by atoms with E-state index < -0.39 is 0 Å². The maximum Gasteiger partial charge on any atom is 0.253 e. The van der Waals surface area contributed by atoms with E-state index in [-0.39, 0.29) is 5.91 Å². The molecule has 1 aliphatic carbocycles. The Morgan fingerprint density at radius 3 is 2.76 bits per heavy atom. The standard InChI is InChI=1S/C30H37N5O2/c1-5-11-34-26(15-21-8-7-9-23(28(21)34)22-16-31-17-22)29-32-24(27(18-37-4)33(29)3)13-19(6-2)30(36)35-12-10-20-14-25(20)35/h6-9,13,15,18,20,22,25,31H,5,10-12,14,16-17H2,1-4H3/b19-6+,24-13+,27-18-/t20?,25-/m1/s1. The number of carbonyl (C=O) groups excluding carboxylic acids is 1. The summed E-state index contributed by atoms with van der Waals surface area (Å²) >= 11 is 0. The predicted octanol–water partition coefficient (Wildman–Crippen LogP) is 2.87. The van der Waals surface area contributed by atoms with E-state index in [4.69, 9.17) is 9.72 Å². The Balaban J connectivity index is 1.49. The fraction of sp³-hybridized carbons (Fsp3) is 0.467. The van der Waals surface area contributed by atoms with E-state index >= 15 is 0 Å². The number of nitrogens with zero attached hydrogens (tertiary/aromatic N) is 4. The van der Waals surface area contributed by atoms with Crippen LogP contribution in [-0.4, -0.2) is 57.7 Å². The second-order valence-electron chi connectivity index (χ2n) is 10.7. The van der Waals surface area contributed by atoms with Gasteiger partial charge in [0.05, 0.1) is 23.7 Å². The first kappa shape index (κ1) is 24.0. The lowest BCUT2D eigenvalue weighted by Crippen LogP contribution is -2.40. The van der Waals surface area contributed by atoms with Gasteiger partial charge < -0.3 is 24.1 Å². The first-order chi connectivity index (χ1) is 18.0. The van der Waals surface area contributed by atoms with Crippen molar-refractivity contribution in [3.63, 3.8) is 0 Å². The summed E-state index contributed by atoms with van der Waals surface area (Å²) in [6, 6.07) is 9.35. The molecular weight excluding hydrogens is 462 g/mol. The van der Waals surface area contributed by atoms with Gasteiger partial charge >= 0.3 is 0 Å². The van der Waals surface area contributed by atoms with Crippen LogP contribution in [0.3, 0.4) is 0 Å². The van der Waals surface area contributed by atoms with Crippen molar-refractivity contribution in [2.45, 2.75) is 51.6 Å². The normalized spacial score (nSPS) is 22.6. The molecule has 7 nitrogen and oxygen atoms in total. The van der Waals surface area contributed by atoms with E-state index in [1.165, 1.54) is 16.5 Å². The number of hydrogen-bond acceptors (Lipinski definition) is 4. The second kappa shape index (κ2) is 9.53. The molecule has 37 heavy (non-hydrogen) atoms. The summed E-state index contributed by atoms with van der Waals surface area (Å²) in [4.78, 5) is 20.6. The number of imidazole rings is 1. The molecule has 1 unspecified atom stereocenters. The number of benzene rings is 1. The van der Waals surface area contributed by atoms with E-state index in [1.807, 2.05) is 26.1 Å². The molecule has 1 aromatic carbocycles. The monoisotopic (exact) mass is 499 g/mol. The van der Waals surface area contributed by atoms with Crippen molar-refractivity contribution in [2.75, 3.05) is 26.7 Å². The van der Waals surface area contributed by atoms with Gasteiger partial charge in [0.2, 0.25) is 0 Å². The summed E-state index contributed by atoms with van der Waals surface area (Å²) in [6.07, 6.45) is 8.89. The third-order valence-electron chi connectivity index (χ3n) is 8.38. The zero-order chi connectivity index (χ0) is 25.7. The van der Waals surface area contributed by atoms with Crippen molar-refractivity contribution in [3.05, 3.63) is 52.2 Å². The van der Waals surface area contributed by atoms with Gasteiger partial charge in [-0.25, -0.2) is 4.98 Å². The van der Waals surface area contributed by atoms with Gasteiger partial charge in [-0.15, -0.1) is 0 Å². The topological polar surface area (TPSA) is 64.3 Å². The number of nitrogens with one attached hydrogen (secondary N) is 1. The summed E-state index contributed by atoms with van der Waals surface area (Å²) in [7, 11) is 3.68. The average molecular weight is 500 g/mol. The molecule has 6 rings (SSSR count). The number of amides is 1. The molecule has 2 aliphatic heterocycles. The number of fused-ring (bicyclic) bond motifs is 2. The maximum absolute atomic E-state index is 13.4. The number of piperidine rings is 1. The molecule has 1 saturated carbocycles. The van der Waals surface area contributed by atoms with Crippen LogP contribution in [0, 0.1) is 5.92 Å². The van der Waals surface area contributed by atoms with Crippen LogP contribution in [0.15, 0.2) is 35.9 Å². The highest BCUT2D eigenvalue weighted by molar-refractivity contribution is 6.01. The second-order valence-corrected chi connectivity index (χ2v) is 10.7. The lowest BCUT2D eigenvalue weighted by molar-refractivity contribution is -0.126. The van der Waals surface area contributed by atoms with Gasteiger partial charge in [0, 0.05) is 56.1 Å². The number of para-hydroxylation sites is 1. The quantitative estimate of drug-likeness (QED) is 0.508. The molecule has 0 bridgehead atoms. The average Bonchev–Trinajstić information content (AvgIpc) is 3.21. The van der Waals surface area contributed by atoms with Crippen molar-refractivity contribution < 1.29 is 9.53 Å². The van der Waals surface area contributed by atoms with Gasteiger partial charge in [0.15, 0.2) is 5.82 Å². The Labute approximate surface area is 218 Å². The Bertz CT molecular complexity index is 1510. The molecule has 1 N–H and O–H groups in total. The predicted molar refractivity (Wildman–Crippen MR) is 147 cm³/mol. The lowest BCUT2D eigenvalue weighted by Gasteiger charge is -2.28. The SMILES string of the molecule is C\C=C(/C=c1/nc(-c2cc3cccc(C4CNC4)c3n2CCC)n(C)/c1=C\OC)C(=O)N1CCC2C[C@H]21. The summed E-state index contributed by atoms with van der Waals surface area (Å²) in [5, 5.41) is 6.28. The van der Waals surface area contributed by atoms with Gasteiger partial charge in [0.1, 0.15) is 11.6 Å². The van der Waals surface area contributed by atoms with Crippen LogP contribution in [0.5, 0.6) is 0 Å². The molecule has 194 valence electrons. The highest BCUT2D eigenvalue weighted by atomic mass is 16.5. The van der Waals surface area contributed by atoms with E-state index in [9.17, 15) is 4.79 Å². The van der Waals surface area contributed by atoms with E-state index in [1.54, 1.807) is 13.4 Å². The van der Waals surface area contributed by atoms with Crippen LogP contribution < -0.4 is 16.0 Å². The number of likely N-dealkylation sites (tertiary alicyclic amines) is 1. The molecular formula is C30H37N5O2. The number of rotatable bonds is 7. The third-order valence-corrected chi connectivity index (χ3v) is 8.38. The van der Waals surface area contributed by atoms with Gasteiger partial charge in [-0.2, -0.15) is 0 Å². The molecule has 3 aromatic rings. The van der Waals surface area contributed by atoms with E-state index in [2.05, 4.69) is 50.5 Å². The van der Waals surface area contributed by atoms with Crippen LogP contribution in [0.2, 0.25) is 0 Å². The maximum atomic E-state index is 13.4. The molecule has 3 fully saturated rings. The van der Waals surface area contributed by atoms with Gasteiger partial charge in [-0.1, -0.05) is 31.2 Å². The third kappa shape index (κ3) is 4.00. The first-order valence-corrected chi connectivity index (χ1v) is 13.6. The van der Waals surface area contributed by atoms with Crippen LogP contribution in [-0.2, 0) is 23.1 Å². The molecule has 3 aliphatic rings. The molecule has 2 atom stereocenters. The minimum Gasteiger partial charge on any atom is -0.502 e. The van der Waals surface area contributed by atoms with Gasteiger partial charge in [-0.3, -0.25) is 4.79 Å². The molecule has 7 heteroatoms. The first-order valence-electron chi connectivity index (χ1n) is 13.6. The summed E-state index contributed by atoms with van der Waals surface area (Å²) in [6.45, 7) is 7.99.